The summed E-state index contributed by atoms with van der Waals surface area (Å²) in [4.78, 5) is 39.6. The molecule has 292 valence electrons. The molecule has 0 radical (unpaired) electrons. The van der Waals surface area contributed by atoms with Crippen molar-refractivity contribution in [3.63, 3.8) is 0 Å². The Morgan fingerprint density at radius 3 is 1.48 bits per heavy atom. The van der Waals surface area contributed by atoms with Gasteiger partial charge in [0.25, 0.3) is 0 Å². The maximum Gasteiger partial charge on any atom is 0.306 e. The number of unbranched alkanes of at least 4 members (excludes halogenated alkanes) is 12. The van der Waals surface area contributed by atoms with Gasteiger partial charge in [-0.15, -0.1) is 0 Å². The van der Waals surface area contributed by atoms with Crippen molar-refractivity contribution in [3.05, 3.63) is 24.3 Å². The fourth-order valence-corrected chi connectivity index (χ4v) is 6.96. The SMILES string of the molecule is CCCCC/C=C\COC(=O)CCCCCCC(CCCCCCC(=O)OC/C=C\CCCCC)OC(=O)CC(C)(C)CC(C)(C)CN(C)C. The summed E-state index contributed by atoms with van der Waals surface area (Å²) in [6.07, 6.45) is 28.7. The lowest BCUT2D eigenvalue weighted by molar-refractivity contribution is -0.153. The minimum atomic E-state index is -0.153. The maximum absolute atomic E-state index is 13.2. The summed E-state index contributed by atoms with van der Waals surface area (Å²) in [7, 11) is 4.18. The van der Waals surface area contributed by atoms with Gasteiger partial charge in [-0.05, 0) is 95.6 Å². The van der Waals surface area contributed by atoms with Gasteiger partial charge in [0.1, 0.15) is 19.3 Å². The first-order valence-corrected chi connectivity index (χ1v) is 20.3. The largest absolute Gasteiger partial charge is 0.462 e. The Kier molecular flexibility index (Phi) is 29.2. The monoisotopic (exact) mass is 706 g/mol. The molecule has 0 saturated heterocycles. The molecule has 0 bridgehead atoms. The van der Waals surface area contributed by atoms with E-state index < -0.39 is 0 Å². The van der Waals surface area contributed by atoms with E-state index in [9.17, 15) is 14.4 Å². The van der Waals surface area contributed by atoms with Gasteiger partial charge in [0.15, 0.2) is 0 Å². The zero-order valence-corrected chi connectivity index (χ0v) is 34.0. The van der Waals surface area contributed by atoms with Gasteiger partial charge in [0, 0.05) is 19.4 Å². The fourth-order valence-electron chi connectivity index (χ4n) is 6.96. The molecule has 0 atom stereocenters. The minimum Gasteiger partial charge on any atom is -0.462 e. The summed E-state index contributed by atoms with van der Waals surface area (Å²) < 4.78 is 16.8. The van der Waals surface area contributed by atoms with Crippen molar-refractivity contribution >= 4 is 17.9 Å². The number of carbonyl (C=O) groups excluding carboxylic acids is 3. The van der Waals surface area contributed by atoms with Crippen molar-refractivity contribution in [2.24, 2.45) is 10.8 Å². The van der Waals surface area contributed by atoms with Crippen LogP contribution in [0.3, 0.4) is 0 Å². The smallest absolute Gasteiger partial charge is 0.306 e. The molecule has 50 heavy (non-hydrogen) atoms. The average molecular weight is 706 g/mol. The Morgan fingerprint density at radius 1 is 0.580 bits per heavy atom. The quantitative estimate of drug-likeness (QED) is 0.0291. The first-order valence-electron chi connectivity index (χ1n) is 20.3. The lowest BCUT2D eigenvalue weighted by Gasteiger charge is -2.36. The van der Waals surface area contributed by atoms with Gasteiger partial charge in [0.05, 0.1) is 6.42 Å². The average Bonchev–Trinajstić information content (AvgIpc) is 3.01. The second-order valence-electron chi connectivity index (χ2n) is 16.2. The number of hydrogen-bond acceptors (Lipinski definition) is 7. The third-order valence-electron chi connectivity index (χ3n) is 8.90. The first-order chi connectivity index (χ1) is 23.8. The third kappa shape index (κ3) is 31.8. The number of allylic oxidation sites excluding steroid dienone is 2. The summed E-state index contributed by atoms with van der Waals surface area (Å²) in [6.45, 7) is 15.0. The van der Waals surface area contributed by atoms with Crippen LogP contribution in [0.2, 0.25) is 0 Å². The van der Waals surface area contributed by atoms with Crippen molar-refractivity contribution in [2.75, 3.05) is 33.9 Å². The molecule has 0 aliphatic rings. The Bertz CT molecular complexity index is 874. The molecule has 0 N–H and O–H groups in total. The van der Waals surface area contributed by atoms with E-state index in [1.165, 1.54) is 38.5 Å². The lowest BCUT2D eigenvalue weighted by atomic mass is 9.73. The van der Waals surface area contributed by atoms with Gasteiger partial charge >= 0.3 is 17.9 Å². The zero-order valence-electron chi connectivity index (χ0n) is 34.0. The molecule has 0 saturated carbocycles. The molecule has 0 fully saturated rings. The Hall–Kier alpha value is -2.15. The van der Waals surface area contributed by atoms with Crippen molar-refractivity contribution in [2.45, 2.75) is 189 Å². The van der Waals surface area contributed by atoms with E-state index in [2.05, 4.69) is 72.7 Å². The van der Waals surface area contributed by atoms with Crippen molar-refractivity contribution in [1.82, 2.24) is 4.90 Å². The normalized spacial score (nSPS) is 12.4. The molecular formula is C43H79NO6. The highest BCUT2D eigenvalue weighted by atomic mass is 16.5. The second-order valence-corrected chi connectivity index (χ2v) is 16.2. The van der Waals surface area contributed by atoms with Crippen LogP contribution in [0.4, 0.5) is 0 Å². The van der Waals surface area contributed by atoms with Crippen molar-refractivity contribution in [3.8, 4) is 0 Å². The highest BCUT2D eigenvalue weighted by Crippen LogP contribution is 2.37. The Morgan fingerprint density at radius 2 is 1.04 bits per heavy atom. The van der Waals surface area contributed by atoms with Gasteiger partial charge in [-0.2, -0.15) is 0 Å². The van der Waals surface area contributed by atoms with Crippen LogP contribution in [0.1, 0.15) is 183 Å². The van der Waals surface area contributed by atoms with Crippen LogP contribution in [0.15, 0.2) is 24.3 Å². The summed E-state index contributed by atoms with van der Waals surface area (Å²) in [5.41, 5.74) is -0.0541. The second kappa shape index (κ2) is 30.5. The zero-order chi connectivity index (χ0) is 37.5. The molecule has 0 unspecified atom stereocenters. The number of ether oxygens (including phenoxy) is 3. The maximum atomic E-state index is 13.2. The van der Waals surface area contributed by atoms with E-state index in [1.54, 1.807) is 0 Å². The van der Waals surface area contributed by atoms with Gasteiger partial charge in [-0.3, -0.25) is 14.4 Å². The topological polar surface area (TPSA) is 82.1 Å². The van der Waals surface area contributed by atoms with E-state index in [0.717, 1.165) is 90.0 Å². The standard InChI is InChI=1S/C43H79NO6/c1-9-11-13-15-21-27-33-48-39(45)31-25-19-17-23-29-38(50-41(47)35-42(3,4)36-43(5,6)37-44(7)8)30-24-18-20-26-32-40(46)49-34-28-22-16-14-12-10-2/h21-22,27-28,38H,9-20,23-26,29-37H2,1-8H3/b27-21-,28-22-. The summed E-state index contributed by atoms with van der Waals surface area (Å²) in [5, 5.41) is 0. The fraction of sp³-hybridized carbons (Fsp3) is 0.837. The molecule has 0 aromatic heterocycles. The predicted octanol–water partition coefficient (Wildman–Crippen LogP) is 11.3. The number of rotatable bonds is 33. The van der Waals surface area contributed by atoms with Crippen LogP contribution in [0.5, 0.6) is 0 Å². The molecular weight excluding hydrogens is 626 g/mol. The molecule has 0 aromatic rings. The Labute approximate surface area is 308 Å². The first kappa shape index (κ1) is 47.8. The van der Waals surface area contributed by atoms with Crippen LogP contribution < -0.4 is 0 Å². The molecule has 7 nitrogen and oxygen atoms in total. The van der Waals surface area contributed by atoms with Crippen molar-refractivity contribution < 1.29 is 28.6 Å². The van der Waals surface area contributed by atoms with E-state index >= 15 is 0 Å². The Balaban J connectivity index is 4.65. The van der Waals surface area contributed by atoms with Crippen LogP contribution in [-0.4, -0.2) is 62.8 Å². The molecule has 0 aliphatic carbocycles. The van der Waals surface area contributed by atoms with Crippen LogP contribution in [-0.2, 0) is 28.6 Å². The molecule has 0 amide bonds. The van der Waals surface area contributed by atoms with Crippen LogP contribution in [0.25, 0.3) is 0 Å². The number of esters is 3. The van der Waals surface area contributed by atoms with E-state index in [1.807, 2.05) is 12.2 Å². The number of carbonyl (C=O) groups is 3. The lowest BCUT2D eigenvalue weighted by Crippen LogP contribution is -2.34. The highest BCUT2D eigenvalue weighted by Gasteiger charge is 2.32. The molecule has 0 aliphatic heterocycles. The molecule has 0 rings (SSSR count). The van der Waals surface area contributed by atoms with Crippen LogP contribution >= 0.6 is 0 Å². The predicted molar refractivity (Wildman–Crippen MR) is 209 cm³/mol. The van der Waals surface area contributed by atoms with Gasteiger partial charge in [-0.25, -0.2) is 0 Å². The van der Waals surface area contributed by atoms with Gasteiger partial charge in [0.2, 0.25) is 0 Å². The van der Waals surface area contributed by atoms with Gasteiger partial charge in [-0.1, -0.05) is 117 Å². The van der Waals surface area contributed by atoms with E-state index in [0.29, 0.717) is 32.5 Å². The summed E-state index contributed by atoms with van der Waals surface area (Å²) in [6, 6.07) is 0. The van der Waals surface area contributed by atoms with Gasteiger partial charge < -0.3 is 19.1 Å². The molecule has 0 heterocycles. The van der Waals surface area contributed by atoms with Crippen molar-refractivity contribution in [1.29, 1.82) is 0 Å². The molecule has 0 spiro atoms. The third-order valence-corrected chi connectivity index (χ3v) is 8.90. The summed E-state index contributed by atoms with van der Waals surface area (Å²) in [5.74, 6) is -0.367. The van der Waals surface area contributed by atoms with Crippen LogP contribution in [0, 0.1) is 10.8 Å². The summed E-state index contributed by atoms with van der Waals surface area (Å²) >= 11 is 0. The van der Waals surface area contributed by atoms with E-state index in [4.69, 9.17) is 14.2 Å². The number of hydrogen-bond donors (Lipinski definition) is 0. The molecule has 0 aromatic carbocycles. The van der Waals surface area contributed by atoms with E-state index in [-0.39, 0.29) is 34.8 Å². The number of nitrogens with zero attached hydrogens (tertiary/aromatic N) is 1. The minimum absolute atomic E-state index is 0.0986. The highest BCUT2D eigenvalue weighted by molar-refractivity contribution is 5.70. The molecule has 7 heteroatoms.